The van der Waals surface area contributed by atoms with Crippen LogP contribution in [0.2, 0.25) is 0 Å². The molecule has 1 aromatic carbocycles. The van der Waals surface area contributed by atoms with Crippen LogP contribution in [0.15, 0.2) is 56.8 Å². The number of carbonyl (C=O) groups is 2. The standard InChI is InChI=1S/C23H20N2O5S2/c1-12-9-10-31-17(12)11-18-21(27)25-20(15-5-7-16(8-6-15)30-14(3)26)19(22(28)29-4)13(2)24-23(25)32-18/h5-11,20H,1-4H3/t20-/m1/s1. The van der Waals surface area contributed by atoms with E-state index in [2.05, 4.69) is 4.99 Å². The number of ether oxygens (including phenoxy) is 2. The third-order valence-corrected chi connectivity index (χ3v) is 7.00. The second-order valence-electron chi connectivity index (χ2n) is 7.20. The predicted octanol–water partition coefficient (Wildman–Crippen LogP) is 2.70. The fourth-order valence-electron chi connectivity index (χ4n) is 3.54. The molecule has 3 heterocycles. The van der Waals surface area contributed by atoms with Crippen molar-refractivity contribution in [2.45, 2.75) is 26.8 Å². The van der Waals surface area contributed by atoms with Gasteiger partial charge in [0.25, 0.3) is 5.56 Å². The Morgan fingerprint density at radius 3 is 2.47 bits per heavy atom. The number of allylic oxidation sites excluding steroid dienone is 1. The van der Waals surface area contributed by atoms with Crippen molar-refractivity contribution in [1.82, 2.24) is 4.57 Å². The van der Waals surface area contributed by atoms with E-state index >= 15 is 0 Å². The van der Waals surface area contributed by atoms with Gasteiger partial charge in [-0.3, -0.25) is 14.2 Å². The molecule has 0 fully saturated rings. The summed E-state index contributed by atoms with van der Waals surface area (Å²) in [7, 11) is 1.30. The number of fused-ring (bicyclic) bond motifs is 1. The molecule has 0 amide bonds. The smallest absolute Gasteiger partial charge is 0.338 e. The number of aromatic nitrogens is 1. The number of benzene rings is 1. The summed E-state index contributed by atoms with van der Waals surface area (Å²) in [6.07, 6.45) is 1.86. The highest BCUT2D eigenvalue weighted by atomic mass is 32.1. The average molecular weight is 469 g/mol. The van der Waals surface area contributed by atoms with Gasteiger partial charge in [0.1, 0.15) is 5.75 Å². The van der Waals surface area contributed by atoms with E-state index in [1.54, 1.807) is 42.5 Å². The maximum Gasteiger partial charge on any atom is 0.338 e. The number of methoxy groups -OCH3 is 1. The van der Waals surface area contributed by atoms with Gasteiger partial charge in [-0.1, -0.05) is 23.5 Å². The number of thiophene rings is 1. The molecule has 164 valence electrons. The lowest BCUT2D eigenvalue weighted by Gasteiger charge is -2.24. The third-order valence-electron chi connectivity index (χ3n) is 5.05. The van der Waals surface area contributed by atoms with E-state index < -0.39 is 18.0 Å². The Hall–Kier alpha value is -3.30. The molecule has 1 aliphatic rings. The summed E-state index contributed by atoms with van der Waals surface area (Å²) in [6.45, 7) is 5.04. The zero-order chi connectivity index (χ0) is 23.0. The number of hydrogen-bond donors (Lipinski definition) is 0. The van der Waals surface area contributed by atoms with E-state index in [0.717, 1.165) is 10.4 Å². The van der Waals surface area contributed by atoms with Crippen LogP contribution in [-0.2, 0) is 14.3 Å². The Kier molecular flexibility index (Phi) is 5.94. The number of hydrogen-bond acceptors (Lipinski definition) is 8. The first kappa shape index (κ1) is 21.9. The monoisotopic (exact) mass is 468 g/mol. The van der Waals surface area contributed by atoms with Crippen molar-refractivity contribution in [3.05, 3.63) is 82.7 Å². The molecule has 0 radical (unpaired) electrons. The molecule has 0 spiro atoms. The molecular weight excluding hydrogens is 448 g/mol. The normalized spacial score (nSPS) is 15.9. The molecular formula is C23H20N2O5S2. The van der Waals surface area contributed by atoms with Gasteiger partial charge >= 0.3 is 11.9 Å². The Morgan fingerprint density at radius 1 is 1.16 bits per heavy atom. The second-order valence-corrected chi connectivity index (χ2v) is 9.16. The minimum atomic E-state index is -0.711. The lowest BCUT2D eigenvalue weighted by molar-refractivity contribution is -0.136. The Morgan fingerprint density at radius 2 is 1.88 bits per heavy atom. The van der Waals surface area contributed by atoms with Crippen LogP contribution < -0.4 is 19.6 Å². The van der Waals surface area contributed by atoms with Crippen molar-refractivity contribution in [3.8, 4) is 5.75 Å². The van der Waals surface area contributed by atoms with Gasteiger partial charge in [-0.05, 0) is 54.6 Å². The molecule has 0 saturated carbocycles. The first-order valence-corrected chi connectivity index (χ1v) is 11.4. The summed E-state index contributed by atoms with van der Waals surface area (Å²) >= 11 is 2.84. The maximum absolute atomic E-state index is 13.5. The zero-order valence-corrected chi connectivity index (χ0v) is 19.5. The number of esters is 2. The molecule has 4 rings (SSSR count). The largest absolute Gasteiger partial charge is 0.466 e. The van der Waals surface area contributed by atoms with Crippen LogP contribution in [0.3, 0.4) is 0 Å². The van der Waals surface area contributed by atoms with E-state index in [0.29, 0.717) is 31.9 Å². The summed E-state index contributed by atoms with van der Waals surface area (Å²) in [5.41, 5.74) is 2.31. The van der Waals surface area contributed by atoms with Crippen LogP contribution in [0.25, 0.3) is 6.08 Å². The summed E-state index contributed by atoms with van der Waals surface area (Å²) in [5, 5.41) is 1.98. The number of aryl methyl sites for hydroxylation is 1. The molecule has 0 saturated heterocycles. The molecule has 0 N–H and O–H groups in total. The number of rotatable bonds is 4. The van der Waals surface area contributed by atoms with Crippen LogP contribution in [0.4, 0.5) is 0 Å². The molecule has 1 aliphatic heterocycles. The lowest BCUT2D eigenvalue weighted by atomic mass is 9.96. The van der Waals surface area contributed by atoms with E-state index in [4.69, 9.17) is 9.47 Å². The average Bonchev–Trinajstić information content (AvgIpc) is 3.29. The van der Waals surface area contributed by atoms with E-state index in [-0.39, 0.29) is 5.56 Å². The van der Waals surface area contributed by atoms with E-state index in [1.165, 1.54) is 29.9 Å². The molecule has 1 atom stereocenters. The highest BCUT2D eigenvalue weighted by Crippen LogP contribution is 2.31. The molecule has 32 heavy (non-hydrogen) atoms. The van der Waals surface area contributed by atoms with Gasteiger partial charge in [-0.15, -0.1) is 11.3 Å². The molecule has 2 aromatic heterocycles. The predicted molar refractivity (Wildman–Crippen MR) is 123 cm³/mol. The molecule has 0 aliphatic carbocycles. The molecule has 7 nitrogen and oxygen atoms in total. The van der Waals surface area contributed by atoms with Gasteiger partial charge in [0.2, 0.25) is 0 Å². The van der Waals surface area contributed by atoms with Crippen LogP contribution in [-0.4, -0.2) is 23.6 Å². The quantitative estimate of drug-likeness (QED) is 0.434. The highest BCUT2D eigenvalue weighted by molar-refractivity contribution is 7.11. The fourth-order valence-corrected chi connectivity index (χ4v) is 5.51. The zero-order valence-electron chi connectivity index (χ0n) is 17.9. The third kappa shape index (κ3) is 3.96. The van der Waals surface area contributed by atoms with Crippen molar-refractivity contribution in [1.29, 1.82) is 0 Å². The van der Waals surface area contributed by atoms with Crippen LogP contribution in [0.5, 0.6) is 5.75 Å². The van der Waals surface area contributed by atoms with Gasteiger partial charge in [-0.25, -0.2) is 9.79 Å². The number of carbonyl (C=O) groups excluding carboxylic acids is 2. The SMILES string of the molecule is COC(=O)C1=C(C)N=c2sc(=Cc3sccc3C)c(=O)n2[C@@H]1c1ccc(OC(C)=O)cc1. The summed E-state index contributed by atoms with van der Waals surface area (Å²) < 4.78 is 12.2. The van der Waals surface area contributed by atoms with Crippen molar-refractivity contribution >= 4 is 40.7 Å². The van der Waals surface area contributed by atoms with Gasteiger partial charge in [0.05, 0.1) is 29.0 Å². The van der Waals surface area contributed by atoms with Crippen LogP contribution >= 0.6 is 22.7 Å². The molecule has 9 heteroatoms. The first-order valence-electron chi connectivity index (χ1n) is 9.73. The lowest BCUT2D eigenvalue weighted by Crippen LogP contribution is -2.39. The Balaban J connectivity index is 1.92. The van der Waals surface area contributed by atoms with Crippen LogP contribution in [0, 0.1) is 6.92 Å². The Labute approximate surface area is 191 Å². The van der Waals surface area contributed by atoms with Crippen molar-refractivity contribution in [2.75, 3.05) is 7.11 Å². The minimum Gasteiger partial charge on any atom is -0.466 e. The van der Waals surface area contributed by atoms with Gasteiger partial charge in [0.15, 0.2) is 4.80 Å². The number of nitrogens with zero attached hydrogens (tertiary/aromatic N) is 2. The maximum atomic E-state index is 13.5. The van der Waals surface area contributed by atoms with E-state index in [9.17, 15) is 14.4 Å². The van der Waals surface area contributed by atoms with Gasteiger partial charge in [0, 0.05) is 11.8 Å². The molecule has 0 unspecified atom stereocenters. The fraction of sp³-hybridized carbons (Fsp3) is 0.217. The van der Waals surface area contributed by atoms with Crippen molar-refractivity contribution in [2.24, 2.45) is 4.99 Å². The Bertz CT molecular complexity index is 1420. The summed E-state index contributed by atoms with van der Waals surface area (Å²) in [4.78, 5) is 43.4. The summed E-state index contributed by atoms with van der Waals surface area (Å²) in [6, 6.07) is 8.01. The van der Waals surface area contributed by atoms with E-state index in [1.807, 2.05) is 24.4 Å². The van der Waals surface area contributed by atoms with Crippen molar-refractivity contribution < 1.29 is 19.1 Å². The second kappa shape index (κ2) is 8.68. The van der Waals surface area contributed by atoms with Gasteiger partial charge < -0.3 is 9.47 Å². The number of thiazole rings is 1. The van der Waals surface area contributed by atoms with Crippen LogP contribution in [0.1, 0.15) is 35.9 Å². The van der Waals surface area contributed by atoms with Crippen molar-refractivity contribution in [3.63, 3.8) is 0 Å². The first-order chi connectivity index (χ1) is 15.3. The van der Waals surface area contributed by atoms with Gasteiger partial charge in [-0.2, -0.15) is 0 Å². The highest BCUT2D eigenvalue weighted by Gasteiger charge is 2.33. The molecule has 3 aromatic rings. The topological polar surface area (TPSA) is 87.0 Å². The summed E-state index contributed by atoms with van der Waals surface area (Å²) in [5.74, 6) is -0.605. The molecule has 0 bridgehead atoms. The minimum absolute atomic E-state index is 0.232.